The standard InChI is InChI=1S/C18H26N2O2/c1-18(2,17(22)20-13-9-4-5-10-14-20)16(21)19(3)15-11-7-6-8-12-15/h6-8,11-12H,4-5,9-10,13-14H2,1-3H3. The topological polar surface area (TPSA) is 40.6 Å². The number of para-hydroxylation sites is 1. The summed E-state index contributed by atoms with van der Waals surface area (Å²) >= 11 is 0. The van der Waals surface area contributed by atoms with Crippen molar-refractivity contribution in [2.75, 3.05) is 25.0 Å². The van der Waals surface area contributed by atoms with Crippen molar-refractivity contribution >= 4 is 17.5 Å². The van der Waals surface area contributed by atoms with Gasteiger partial charge >= 0.3 is 0 Å². The van der Waals surface area contributed by atoms with Crippen LogP contribution >= 0.6 is 0 Å². The van der Waals surface area contributed by atoms with Gasteiger partial charge in [-0.3, -0.25) is 9.59 Å². The second-order valence-corrected chi connectivity index (χ2v) is 6.53. The van der Waals surface area contributed by atoms with E-state index < -0.39 is 5.41 Å². The largest absolute Gasteiger partial charge is 0.342 e. The normalized spacial score (nSPS) is 16.0. The maximum absolute atomic E-state index is 12.8. The molecular formula is C18H26N2O2. The molecule has 0 radical (unpaired) electrons. The molecule has 1 fully saturated rings. The van der Waals surface area contributed by atoms with Crippen molar-refractivity contribution in [3.05, 3.63) is 30.3 Å². The highest BCUT2D eigenvalue weighted by Gasteiger charge is 2.41. The van der Waals surface area contributed by atoms with Crippen LogP contribution in [0, 0.1) is 5.41 Å². The average molecular weight is 302 g/mol. The van der Waals surface area contributed by atoms with Crippen LogP contribution in [0.4, 0.5) is 5.69 Å². The summed E-state index contributed by atoms with van der Waals surface area (Å²) < 4.78 is 0. The van der Waals surface area contributed by atoms with Crippen LogP contribution < -0.4 is 4.90 Å². The third-order valence-electron chi connectivity index (χ3n) is 4.41. The Morgan fingerprint density at radius 3 is 2.09 bits per heavy atom. The van der Waals surface area contributed by atoms with E-state index in [0.717, 1.165) is 31.6 Å². The van der Waals surface area contributed by atoms with Gasteiger partial charge < -0.3 is 9.80 Å². The van der Waals surface area contributed by atoms with Crippen LogP contribution in [0.2, 0.25) is 0 Å². The smallest absolute Gasteiger partial charge is 0.241 e. The number of rotatable bonds is 3. The molecule has 0 spiro atoms. The second-order valence-electron chi connectivity index (χ2n) is 6.53. The maximum atomic E-state index is 12.8. The Morgan fingerprint density at radius 2 is 1.55 bits per heavy atom. The van der Waals surface area contributed by atoms with E-state index in [1.54, 1.807) is 25.8 Å². The molecule has 1 heterocycles. The number of amides is 2. The number of hydrogen-bond acceptors (Lipinski definition) is 2. The molecule has 0 N–H and O–H groups in total. The van der Waals surface area contributed by atoms with Crippen molar-refractivity contribution in [3.8, 4) is 0 Å². The highest BCUT2D eigenvalue weighted by Crippen LogP contribution is 2.26. The van der Waals surface area contributed by atoms with Crippen LogP contribution in [0.25, 0.3) is 0 Å². The lowest BCUT2D eigenvalue weighted by atomic mass is 9.89. The molecule has 1 saturated heterocycles. The van der Waals surface area contributed by atoms with Gasteiger partial charge in [0.15, 0.2) is 0 Å². The Morgan fingerprint density at radius 1 is 1.00 bits per heavy atom. The lowest BCUT2D eigenvalue weighted by Crippen LogP contribution is -2.50. The number of likely N-dealkylation sites (tertiary alicyclic amines) is 1. The molecule has 4 heteroatoms. The Kier molecular flexibility index (Phi) is 5.22. The van der Waals surface area contributed by atoms with Crippen molar-refractivity contribution in [1.29, 1.82) is 0 Å². The Bertz CT molecular complexity index is 517. The predicted molar refractivity (Wildman–Crippen MR) is 88.7 cm³/mol. The van der Waals surface area contributed by atoms with Gasteiger partial charge in [-0.1, -0.05) is 31.0 Å². The first-order valence-electron chi connectivity index (χ1n) is 8.07. The molecular weight excluding hydrogens is 276 g/mol. The minimum Gasteiger partial charge on any atom is -0.342 e. The number of nitrogens with zero attached hydrogens (tertiary/aromatic N) is 2. The first kappa shape index (κ1) is 16.5. The number of anilines is 1. The van der Waals surface area contributed by atoms with E-state index in [-0.39, 0.29) is 11.8 Å². The zero-order chi connectivity index (χ0) is 16.2. The summed E-state index contributed by atoms with van der Waals surface area (Å²) in [4.78, 5) is 29.1. The van der Waals surface area contributed by atoms with Gasteiger partial charge in [0, 0.05) is 25.8 Å². The Balaban J connectivity index is 2.13. The SMILES string of the molecule is CN(C(=O)C(C)(C)C(=O)N1CCCCCC1)c1ccccc1. The number of carbonyl (C=O) groups is 2. The zero-order valence-electron chi connectivity index (χ0n) is 13.8. The van der Waals surface area contributed by atoms with Crippen molar-refractivity contribution in [3.63, 3.8) is 0 Å². The fourth-order valence-corrected chi connectivity index (χ4v) is 2.95. The molecule has 0 atom stereocenters. The van der Waals surface area contributed by atoms with Gasteiger partial charge in [0.05, 0.1) is 0 Å². The van der Waals surface area contributed by atoms with Gasteiger partial charge in [-0.05, 0) is 38.8 Å². The monoisotopic (exact) mass is 302 g/mol. The van der Waals surface area contributed by atoms with Gasteiger partial charge in [0.2, 0.25) is 11.8 Å². The molecule has 2 rings (SSSR count). The quantitative estimate of drug-likeness (QED) is 0.805. The van der Waals surface area contributed by atoms with Crippen LogP contribution in [0.5, 0.6) is 0 Å². The van der Waals surface area contributed by atoms with E-state index in [2.05, 4.69) is 0 Å². The first-order valence-corrected chi connectivity index (χ1v) is 8.07. The second kappa shape index (κ2) is 6.95. The highest BCUT2D eigenvalue weighted by molar-refractivity contribution is 6.10. The van der Waals surface area contributed by atoms with Crippen LogP contribution in [-0.4, -0.2) is 36.9 Å². The molecule has 120 valence electrons. The van der Waals surface area contributed by atoms with Crippen molar-refractivity contribution in [2.45, 2.75) is 39.5 Å². The molecule has 22 heavy (non-hydrogen) atoms. The zero-order valence-corrected chi connectivity index (χ0v) is 13.8. The predicted octanol–water partition coefficient (Wildman–Crippen LogP) is 3.08. The lowest BCUT2D eigenvalue weighted by molar-refractivity contribution is -0.147. The van der Waals surface area contributed by atoms with E-state index in [1.165, 1.54) is 12.8 Å². The summed E-state index contributed by atoms with van der Waals surface area (Å²) in [6.07, 6.45) is 4.40. The summed E-state index contributed by atoms with van der Waals surface area (Å²) in [5.74, 6) is -0.213. The van der Waals surface area contributed by atoms with Gasteiger partial charge in [0.25, 0.3) is 0 Å². The van der Waals surface area contributed by atoms with Gasteiger partial charge in [-0.15, -0.1) is 0 Å². The molecule has 0 bridgehead atoms. The van der Waals surface area contributed by atoms with E-state index in [4.69, 9.17) is 0 Å². The van der Waals surface area contributed by atoms with Crippen LogP contribution in [0.3, 0.4) is 0 Å². The summed E-state index contributed by atoms with van der Waals surface area (Å²) in [7, 11) is 1.73. The summed E-state index contributed by atoms with van der Waals surface area (Å²) in [6.45, 7) is 5.01. The van der Waals surface area contributed by atoms with Gasteiger partial charge in [0.1, 0.15) is 5.41 Å². The van der Waals surface area contributed by atoms with Crippen molar-refractivity contribution < 1.29 is 9.59 Å². The molecule has 0 saturated carbocycles. The Labute approximate surface area is 133 Å². The molecule has 1 aromatic rings. The number of benzene rings is 1. The molecule has 1 aliphatic heterocycles. The lowest BCUT2D eigenvalue weighted by Gasteiger charge is -2.33. The molecule has 4 nitrogen and oxygen atoms in total. The Hall–Kier alpha value is -1.84. The van der Waals surface area contributed by atoms with Crippen molar-refractivity contribution in [2.24, 2.45) is 5.41 Å². The molecule has 0 aromatic heterocycles. The number of carbonyl (C=O) groups excluding carboxylic acids is 2. The minimum absolute atomic E-state index is 0.0535. The van der Waals surface area contributed by atoms with Crippen LogP contribution in [0.15, 0.2) is 30.3 Å². The van der Waals surface area contributed by atoms with Gasteiger partial charge in [-0.25, -0.2) is 0 Å². The number of hydrogen-bond donors (Lipinski definition) is 0. The van der Waals surface area contributed by atoms with Crippen molar-refractivity contribution in [1.82, 2.24) is 4.90 Å². The third-order valence-corrected chi connectivity index (χ3v) is 4.41. The minimum atomic E-state index is -1.03. The molecule has 0 aliphatic carbocycles. The van der Waals surface area contributed by atoms with E-state index >= 15 is 0 Å². The molecule has 0 unspecified atom stereocenters. The van der Waals surface area contributed by atoms with Crippen LogP contribution in [-0.2, 0) is 9.59 Å². The molecule has 1 aliphatic rings. The van der Waals surface area contributed by atoms with Gasteiger partial charge in [-0.2, -0.15) is 0 Å². The summed E-state index contributed by atoms with van der Waals surface area (Å²) in [5, 5.41) is 0. The van der Waals surface area contributed by atoms with E-state index in [0.29, 0.717) is 0 Å². The van der Waals surface area contributed by atoms with Crippen LogP contribution in [0.1, 0.15) is 39.5 Å². The highest BCUT2D eigenvalue weighted by atomic mass is 16.2. The molecule has 2 amide bonds. The van der Waals surface area contributed by atoms with E-state index in [1.807, 2.05) is 35.2 Å². The average Bonchev–Trinajstić information content (AvgIpc) is 2.82. The molecule has 1 aromatic carbocycles. The fourth-order valence-electron chi connectivity index (χ4n) is 2.95. The first-order chi connectivity index (χ1) is 10.4. The third kappa shape index (κ3) is 3.49. The maximum Gasteiger partial charge on any atom is 0.241 e. The van der Waals surface area contributed by atoms with E-state index in [9.17, 15) is 9.59 Å². The summed E-state index contributed by atoms with van der Waals surface area (Å²) in [6, 6.07) is 9.45. The summed E-state index contributed by atoms with van der Waals surface area (Å²) in [5.41, 5.74) is -0.223. The fraction of sp³-hybridized carbons (Fsp3) is 0.556.